The first-order valence-corrected chi connectivity index (χ1v) is 13.9. The lowest BCUT2D eigenvalue weighted by molar-refractivity contribution is 0.171. The zero-order chi connectivity index (χ0) is 25.9. The van der Waals surface area contributed by atoms with E-state index in [0.29, 0.717) is 48.7 Å². The molecular formula is C27H41Cl3N8O3. The highest BCUT2D eigenvalue weighted by Gasteiger charge is 2.24. The number of nitrogens with two attached hydrogens (primary N) is 1. The third kappa shape index (κ3) is 7.50. The molecule has 0 amide bonds. The third-order valence-corrected chi connectivity index (χ3v) is 7.89. The summed E-state index contributed by atoms with van der Waals surface area (Å²) in [6.07, 6.45) is 11.0. The van der Waals surface area contributed by atoms with E-state index in [0.717, 1.165) is 60.5 Å². The molecular weight excluding hydrogens is 591 g/mol. The van der Waals surface area contributed by atoms with E-state index < -0.39 is 0 Å². The molecule has 6 rings (SSSR count). The fourth-order valence-electron chi connectivity index (χ4n) is 5.79. The van der Waals surface area contributed by atoms with Crippen LogP contribution < -0.4 is 35.9 Å². The van der Waals surface area contributed by atoms with Crippen molar-refractivity contribution < 1.29 is 14.2 Å². The summed E-state index contributed by atoms with van der Waals surface area (Å²) in [5.41, 5.74) is 8.92. The summed E-state index contributed by atoms with van der Waals surface area (Å²) in [5.74, 6) is 3.52. The summed E-state index contributed by atoms with van der Waals surface area (Å²) in [6, 6.07) is 5.09. The zero-order valence-corrected chi connectivity index (χ0v) is 25.7. The molecule has 3 heterocycles. The fraction of sp³-hybridized carbons (Fsp3) is 0.593. The van der Waals surface area contributed by atoms with E-state index >= 15 is 0 Å². The molecule has 41 heavy (non-hydrogen) atoms. The number of methoxy groups -OCH3 is 1. The number of nitrogens with zero attached hydrogens (tertiary/aromatic N) is 4. The van der Waals surface area contributed by atoms with Crippen LogP contribution in [0.25, 0.3) is 11.2 Å². The van der Waals surface area contributed by atoms with Crippen LogP contribution in [-0.4, -0.2) is 58.6 Å². The van der Waals surface area contributed by atoms with Crippen molar-refractivity contribution in [3.63, 3.8) is 0 Å². The molecule has 0 atom stereocenters. The molecule has 2 fully saturated rings. The van der Waals surface area contributed by atoms with E-state index in [1.54, 1.807) is 7.11 Å². The SMILES string of the molecule is COc1cc(CNCCNc2nc(NC3CCC(N)CC3)nc3c2ncn3C2CCCC2)cc2c1OCO2.Cl.Cl.Cl. The summed E-state index contributed by atoms with van der Waals surface area (Å²) in [4.78, 5) is 14.5. The molecule has 0 spiro atoms. The molecule has 0 unspecified atom stereocenters. The van der Waals surface area contributed by atoms with Crippen molar-refractivity contribution in [3.8, 4) is 17.2 Å². The standard InChI is InChI=1S/C27H38N8O3.3ClH/c1-36-21-12-17(13-22-24(21)38-16-37-22)14-29-10-11-30-25-23-26(35(15-31-23)20-4-2-3-5-20)34-27(33-25)32-19-8-6-18(28)7-9-19;;;/h12-13,15,18-20,29H,2-11,14,16,28H2,1H3,(H2,30,32,33,34);3*1H. The van der Waals surface area contributed by atoms with Gasteiger partial charge in [-0.3, -0.25) is 0 Å². The lowest BCUT2D eigenvalue weighted by Crippen LogP contribution is -2.33. The number of imidazole rings is 1. The molecule has 2 aromatic heterocycles. The summed E-state index contributed by atoms with van der Waals surface area (Å²) >= 11 is 0. The third-order valence-electron chi connectivity index (χ3n) is 7.89. The average Bonchev–Trinajstić information content (AvgIpc) is 3.70. The van der Waals surface area contributed by atoms with Crippen LogP contribution in [0.4, 0.5) is 11.8 Å². The largest absolute Gasteiger partial charge is 0.493 e. The number of halogens is 3. The van der Waals surface area contributed by atoms with Crippen LogP contribution in [0.1, 0.15) is 63.0 Å². The van der Waals surface area contributed by atoms with Gasteiger partial charge in [0.2, 0.25) is 18.5 Å². The lowest BCUT2D eigenvalue weighted by atomic mass is 9.92. The normalized spacial score (nSPS) is 19.7. The molecule has 1 aliphatic heterocycles. The summed E-state index contributed by atoms with van der Waals surface area (Å²) in [6.45, 7) is 2.35. The first-order valence-electron chi connectivity index (χ1n) is 13.9. The molecule has 0 radical (unpaired) electrons. The van der Waals surface area contributed by atoms with Crippen molar-refractivity contribution in [2.45, 2.75) is 76.0 Å². The van der Waals surface area contributed by atoms with Gasteiger partial charge in [0.1, 0.15) is 0 Å². The maximum Gasteiger partial charge on any atom is 0.231 e. The first-order chi connectivity index (χ1) is 18.7. The minimum Gasteiger partial charge on any atom is -0.493 e. The van der Waals surface area contributed by atoms with Gasteiger partial charge in [-0.1, -0.05) is 12.8 Å². The predicted molar refractivity (Wildman–Crippen MR) is 168 cm³/mol. The molecule has 11 nitrogen and oxygen atoms in total. The monoisotopic (exact) mass is 630 g/mol. The number of hydrogen-bond donors (Lipinski definition) is 4. The fourth-order valence-corrected chi connectivity index (χ4v) is 5.79. The predicted octanol–water partition coefficient (Wildman–Crippen LogP) is 4.83. The van der Waals surface area contributed by atoms with Gasteiger partial charge in [-0.05, 0) is 56.2 Å². The minimum atomic E-state index is 0. The van der Waals surface area contributed by atoms with Crippen LogP contribution in [0.3, 0.4) is 0 Å². The van der Waals surface area contributed by atoms with Gasteiger partial charge in [0, 0.05) is 37.8 Å². The number of fused-ring (bicyclic) bond motifs is 2. The molecule has 14 heteroatoms. The highest BCUT2D eigenvalue weighted by atomic mass is 35.5. The Morgan fingerprint density at radius 3 is 2.54 bits per heavy atom. The van der Waals surface area contributed by atoms with Crippen molar-refractivity contribution in [2.24, 2.45) is 5.73 Å². The Balaban J connectivity index is 0.00000154. The summed E-state index contributed by atoms with van der Waals surface area (Å²) < 4.78 is 18.7. The number of rotatable bonds is 10. The molecule has 5 N–H and O–H groups in total. The smallest absolute Gasteiger partial charge is 0.231 e. The Hall–Kier alpha value is -2.44. The van der Waals surface area contributed by atoms with Crippen molar-refractivity contribution in [3.05, 3.63) is 24.0 Å². The highest BCUT2D eigenvalue weighted by molar-refractivity contribution is 5.86. The second kappa shape index (κ2) is 15.2. The molecule has 3 aliphatic rings. The van der Waals surface area contributed by atoms with Crippen LogP contribution in [-0.2, 0) is 6.54 Å². The summed E-state index contributed by atoms with van der Waals surface area (Å²) in [7, 11) is 1.64. The Morgan fingerprint density at radius 1 is 1.00 bits per heavy atom. The van der Waals surface area contributed by atoms with Crippen molar-refractivity contribution >= 4 is 60.2 Å². The molecule has 0 bridgehead atoms. The van der Waals surface area contributed by atoms with Crippen LogP contribution >= 0.6 is 37.2 Å². The lowest BCUT2D eigenvalue weighted by Gasteiger charge is -2.27. The van der Waals surface area contributed by atoms with Gasteiger partial charge in [-0.2, -0.15) is 9.97 Å². The van der Waals surface area contributed by atoms with E-state index in [1.807, 2.05) is 18.5 Å². The number of nitrogens with one attached hydrogen (secondary N) is 3. The number of anilines is 2. The van der Waals surface area contributed by atoms with Crippen LogP contribution in [0.5, 0.6) is 17.2 Å². The zero-order valence-electron chi connectivity index (χ0n) is 23.3. The number of aromatic nitrogens is 4. The number of ether oxygens (including phenoxy) is 3. The van der Waals surface area contributed by atoms with Crippen LogP contribution in [0.2, 0.25) is 0 Å². The van der Waals surface area contributed by atoms with Gasteiger partial charge < -0.3 is 40.5 Å². The summed E-state index contributed by atoms with van der Waals surface area (Å²) in [5, 5.41) is 10.6. The van der Waals surface area contributed by atoms with Gasteiger partial charge in [0.15, 0.2) is 28.5 Å². The Morgan fingerprint density at radius 2 is 1.78 bits per heavy atom. The van der Waals surface area contributed by atoms with E-state index in [1.165, 1.54) is 25.7 Å². The van der Waals surface area contributed by atoms with Gasteiger partial charge in [0.25, 0.3) is 0 Å². The van der Waals surface area contributed by atoms with Crippen LogP contribution in [0.15, 0.2) is 18.5 Å². The number of hydrogen-bond acceptors (Lipinski definition) is 10. The first kappa shape index (κ1) is 33.1. The van der Waals surface area contributed by atoms with E-state index in [-0.39, 0.29) is 44.0 Å². The van der Waals surface area contributed by atoms with Gasteiger partial charge in [-0.15, -0.1) is 37.2 Å². The molecule has 0 saturated heterocycles. The van der Waals surface area contributed by atoms with Gasteiger partial charge >= 0.3 is 0 Å². The highest BCUT2D eigenvalue weighted by Crippen LogP contribution is 2.41. The van der Waals surface area contributed by atoms with Crippen molar-refractivity contribution in [1.82, 2.24) is 24.8 Å². The van der Waals surface area contributed by atoms with Crippen molar-refractivity contribution in [1.29, 1.82) is 0 Å². The second-order valence-corrected chi connectivity index (χ2v) is 10.5. The quantitative estimate of drug-likeness (QED) is 0.231. The topological polar surface area (TPSA) is 133 Å². The average molecular weight is 632 g/mol. The Labute approximate surface area is 259 Å². The van der Waals surface area contributed by atoms with Gasteiger partial charge in [-0.25, -0.2) is 4.98 Å². The molecule has 1 aromatic carbocycles. The van der Waals surface area contributed by atoms with Crippen molar-refractivity contribution in [2.75, 3.05) is 37.6 Å². The Bertz CT molecular complexity index is 1270. The minimum absolute atomic E-state index is 0. The van der Waals surface area contributed by atoms with E-state index in [4.69, 9.17) is 34.9 Å². The second-order valence-electron chi connectivity index (χ2n) is 10.5. The molecule has 3 aromatic rings. The van der Waals surface area contributed by atoms with Crippen LogP contribution in [0, 0.1) is 0 Å². The van der Waals surface area contributed by atoms with E-state index in [2.05, 4.69) is 20.5 Å². The Kier molecular flexibility index (Phi) is 12.2. The maximum absolute atomic E-state index is 6.11. The molecule has 2 saturated carbocycles. The van der Waals surface area contributed by atoms with Gasteiger partial charge in [0.05, 0.1) is 13.4 Å². The maximum atomic E-state index is 6.11. The van der Waals surface area contributed by atoms with E-state index in [9.17, 15) is 0 Å². The molecule has 2 aliphatic carbocycles. The molecule has 228 valence electrons. The number of benzene rings is 1.